The number of ether oxygens (including phenoxy) is 4. The number of aliphatic hydroxyl groups excluding tert-OH is 1. The lowest BCUT2D eigenvalue weighted by Crippen LogP contribution is -2.73. The Bertz CT molecular complexity index is 1730. The molecule has 1 fully saturated rings. The van der Waals surface area contributed by atoms with E-state index < -0.39 is 71.8 Å². The molecule has 1 aliphatic heterocycles. The topological polar surface area (TPSA) is 166 Å². The maximum absolute atomic E-state index is 13.8. The van der Waals surface area contributed by atoms with Crippen molar-refractivity contribution < 1.29 is 38.7 Å². The van der Waals surface area contributed by atoms with Gasteiger partial charge in [0, 0.05) is 26.0 Å². The van der Waals surface area contributed by atoms with Gasteiger partial charge in [0.2, 0.25) is 5.60 Å². The van der Waals surface area contributed by atoms with Crippen LogP contribution >= 0.6 is 0 Å². The number of aliphatic carboxylic acids is 1. The zero-order valence-corrected chi connectivity index (χ0v) is 26.1. The number of carboxylic acids is 1. The van der Waals surface area contributed by atoms with Crippen molar-refractivity contribution in [2.45, 2.75) is 48.9 Å². The Labute approximate surface area is 270 Å². The highest BCUT2D eigenvalue weighted by atomic mass is 16.8. The van der Waals surface area contributed by atoms with E-state index in [-0.39, 0.29) is 5.56 Å². The van der Waals surface area contributed by atoms with Crippen LogP contribution in [-0.4, -0.2) is 70.3 Å². The van der Waals surface area contributed by atoms with Crippen molar-refractivity contribution in [2.75, 3.05) is 20.8 Å². The van der Waals surface area contributed by atoms with Gasteiger partial charge in [0.05, 0.1) is 24.9 Å². The Kier molecular flexibility index (Phi) is 9.59. The first-order valence-corrected chi connectivity index (χ1v) is 14.9. The third kappa shape index (κ3) is 5.28. The minimum atomic E-state index is -2.36. The predicted octanol–water partition coefficient (Wildman–Crippen LogP) is 2.69. The van der Waals surface area contributed by atoms with Crippen molar-refractivity contribution in [3.63, 3.8) is 0 Å². The highest BCUT2D eigenvalue weighted by Crippen LogP contribution is 2.62. The van der Waals surface area contributed by atoms with Crippen LogP contribution in [0.4, 0.5) is 0 Å². The molecule has 0 spiro atoms. The van der Waals surface area contributed by atoms with E-state index in [1.165, 1.54) is 27.3 Å². The van der Waals surface area contributed by atoms with Crippen molar-refractivity contribution in [1.82, 2.24) is 9.55 Å². The average Bonchev–Trinajstić information content (AvgIpc) is 3.37. The number of nitrogens with zero attached hydrogens (tertiary/aromatic N) is 1. The fourth-order valence-electron chi connectivity index (χ4n) is 6.87. The second-order valence-corrected chi connectivity index (χ2v) is 11.2. The zero-order chi connectivity index (χ0) is 33.8. The third-order valence-corrected chi connectivity index (χ3v) is 8.71. The molecule has 1 unspecified atom stereocenters. The van der Waals surface area contributed by atoms with Crippen LogP contribution < -0.4 is 11.2 Å². The van der Waals surface area contributed by atoms with Crippen LogP contribution in [0.2, 0.25) is 0 Å². The summed E-state index contributed by atoms with van der Waals surface area (Å²) in [6, 6.07) is 27.5. The van der Waals surface area contributed by atoms with Gasteiger partial charge in [-0.25, -0.2) is 9.36 Å². The fourth-order valence-corrected chi connectivity index (χ4v) is 6.87. The van der Waals surface area contributed by atoms with Gasteiger partial charge < -0.3 is 29.2 Å². The first kappa shape index (κ1) is 33.5. The molecule has 4 aromatic rings. The fraction of sp³-hybridized carbons (Fsp3) is 0.314. The zero-order valence-electron chi connectivity index (χ0n) is 26.1. The van der Waals surface area contributed by atoms with Gasteiger partial charge in [-0.3, -0.25) is 19.4 Å². The molecule has 0 amide bonds. The average molecular weight is 645 g/mol. The molecule has 0 radical (unpaired) electrons. The Hall–Kier alpha value is -4.88. The van der Waals surface area contributed by atoms with E-state index in [0.717, 1.165) is 4.57 Å². The molecular formula is C35H36N2O10. The molecule has 5 rings (SSSR count). The Morgan fingerprint density at radius 2 is 1.38 bits per heavy atom. The number of H-pyrrole nitrogens is 1. The van der Waals surface area contributed by atoms with Crippen molar-refractivity contribution in [3.05, 3.63) is 140 Å². The number of carbonyl (C=O) groups is 2. The minimum absolute atomic E-state index is 0.127. The molecule has 3 N–H and O–H groups in total. The molecule has 2 heterocycles. The van der Waals surface area contributed by atoms with E-state index in [1.54, 1.807) is 0 Å². The number of benzene rings is 3. The van der Waals surface area contributed by atoms with Gasteiger partial charge in [0.25, 0.3) is 11.5 Å². The van der Waals surface area contributed by atoms with Gasteiger partial charge in [0.15, 0.2) is 6.10 Å². The molecule has 1 aromatic heterocycles. The number of esters is 1. The number of carbonyl (C=O) groups excluding carboxylic acids is 1. The van der Waals surface area contributed by atoms with Crippen molar-refractivity contribution in [2.24, 2.45) is 0 Å². The normalized spacial score (nSPS) is 22.6. The lowest BCUT2D eigenvalue weighted by atomic mass is 9.56. The van der Waals surface area contributed by atoms with Gasteiger partial charge in [-0.15, -0.1) is 0 Å². The molecule has 12 heteroatoms. The Morgan fingerprint density at radius 1 is 0.872 bits per heavy atom. The molecule has 3 aromatic carbocycles. The summed E-state index contributed by atoms with van der Waals surface area (Å²) in [6.07, 6.45) is -2.72. The highest BCUT2D eigenvalue weighted by Gasteiger charge is 2.80. The summed E-state index contributed by atoms with van der Waals surface area (Å²) >= 11 is 0. The quantitative estimate of drug-likeness (QED) is 0.154. The molecule has 0 aliphatic carbocycles. The van der Waals surface area contributed by atoms with E-state index in [2.05, 4.69) is 4.98 Å². The van der Waals surface area contributed by atoms with Crippen LogP contribution in [0.25, 0.3) is 0 Å². The summed E-state index contributed by atoms with van der Waals surface area (Å²) < 4.78 is 26.7. The number of aromatic nitrogens is 2. The number of aryl methyl sites for hydroxylation is 1. The lowest BCUT2D eigenvalue weighted by molar-refractivity contribution is -0.354. The number of aromatic amines is 1. The molecule has 0 bridgehead atoms. The van der Waals surface area contributed by atoms with E-state index in [0.29, 0.717) is 16.7 Å². The minimum Gasteiger partial charge on any atom is -0.481 e. The first-order chi connectivity index (χ1) is 22.6. The maximum Gasteiger partial charge on any atom is 0.332 e. The summed E-state index contributed by atoms with van der Waals surface area (Å²) in [5.41, 5.74) is -3.36. The highest BCUT2D eigenvalue weighted by molar-refractivity contribution is 5.77. The van der Waals surface area contributed by atoms with Gasteiger partial charge in [-0.1, -0.05) is 91.0 Å². The summed E-state index contributed by atoms with van der Waals surface area (Å²) in [5, 5.41) is 20.2. The van der Waals surface area contributed by atoms with E-state index in [9.17, 15) is 29.4 Å². The largest absolute Gasteiger partial charge is 0.481 e. The molecule has 47 heavy (non-hydrogen) atoms. The van der Waals surface area contributed by atoms with E-state index >= 15 is 0 Å². The summed E-state index contributed by atoms with van der Waals surface area (Å²) in [7, 11) is 2.62. The maximum atomic E-state index is 13.8. The number of hydrogen-bond donors (Lipinski definition) is 3. The van der Waals surface area contributed by atoms with Crippen molar-refractivity contribution >= 4 is 11.9 Å². The number of aliphatic hydroxyl groups is 1. The van der Waals surface area contributed by atoms with Gasteiger partial charge in [0.1, 0.15) is 6.10 Å². The van der Waals surface area contributed by atoms with E-state index in [4.69, 9.17) is 18.9 Å². The second-order valence-electron chi connectivity index (χ2n) is 11.2. The molecule has 12 nitrogen and oxygen atoms in total. The number of methoxy groups -OCH3 is 2. The number of nitrogens with one attached hydrogen (secondary N) is 1. The molecule has 246 valence electrons. The second kappa shape index (κ2) is 13.5. The van der Waals surface area contributed by atoms with Crippen LogP contribution in [0.3, 0.4) is 0 Å². The molecular weight excluding hydrogens is 608 g/mol. The Morgan fingerprint density at radius 3 is 1.81 bits per heavy atom. The predicted molar refractivity (Wildman–Crippen MR) is 169 cm³/mol. The summed E-state index contributed by atoms with van der Waals surface area (Å²) in [4.78, 5) is 53.6. The SMILES string of the molecule is COC1(C(c2ccccc2)(c2ccccc2)c2ccccc2)[C@H](OC(=O)CCC(=O)O)[C@@H](CO)O[C@@]1(OC)n1cc(C)c(=O)[nH]c1=O. The summed E-state index contributed by atoms with van der Waals surface area (Å²) in [5.74, 6) is -4.49. The standard InChI is InChI=1S/C35H36N2O10/c1-23-21-37(32(43)36-31(23)42)35(45-3)34(44-2,30(27(22-38)47-35)46-29(41)20-19-28(39)40)33(24-13-7-4-8-14-24,25-15-9-5-10-16-25)26-17-11-6-12-18-26/h4-18,21,27,30,38H,19-20,22H2,1-3H3,(H,39,40)(H,36,42,43)/t27-,30-,34?,35-/m1/s1. The van der Waals surface area contributed by atoms with Gasteiger partial charge in [-0.2, -0.15) is 0 Å². The van der Waals surface area contributed by atoms with Crippen LogP contribution in [-0.2, 0) is 39.9 Å². The van der Waals surface area contributed by atoms with Crippen molar-refractivity contribution in [1.29, 1.82) is 0 Å². The van der Waals surface area contributed by atoms with Crippen molar-refractivity contribution in [3.8, 4) is 0 Å². The number of rotatable bonds is 12. The van der Waals surface area contributed by atoms with Crippen LogP contribution in [0, 0.1) is 6.92 Å². The Balaban J connectivity index is 2.03. The first-order valence-electron chi connectivity index (χ1n) is 14.9. The summed E-state index contributed by atoms with van der Waals surface area (Å²) in [6.45, 7) is 0.756. The molecule has 1 aliphatic rings. The molecule has 4 atom stereocenters. The van der Waals surface area contributed by atoms with Crippen LogP contribution in [0.15, 0.2) is 107 Å². The number of carboxylic acid groups (broad SMARTS) is 1. The van der Waals surface area contributed by atoms with Crippen LogP contribution in [0.5, 0.6) is 0 Å². The van der Waals surface area contributed by atoms with Crippen LogP contribution in [0.1, 0.15) is 35.1 Å². The van der Waals surface area contributed by atoms with E-state index in [1.807, 2.05) is 91.0 Å². The smallest absolute Gasteiger partial charge is 0.332 e. The third-order valence-electron chi connectivity index (χ3n) is 8.71. The monoisotopic (exact) mass is 644 g/mol. The van der Waals surface area contributed by atoms with Gasteiger partial charge >= 0.3 is 17.6 Å². The molecule has 1 saturated heterocycles. The molecule has 0 saturated carbocycles. The van der Waals surface area contributed by atoms with Gasteiger partial charge in [-0.05, 0) is 23.6 Å². The number of hydrogen-bond acceptors (Lipinski definition) is 9. The lowest BCUT2D eigenvalue weighted by Gasteiger charge is -2.55.